The minimum atomic E-state index is -3.83. The number of piperidine rings is 1. The van der Waals surface area contributed by atoms with Gasteiger partial charge in [-0.3, -0.25) is 9.48 Å². The summed E-state index contributed by atoms with van der Waals surface area (Å²) < 4.78 is 41.7. The number of aromatic nitrogens is 5. The number of nitrogens with one attached hydrogen (secondary N) is 1. The van der Waals surface area contributed by atoms with Crippen molar-refractivity contribution in [3.8, 4) is 17.3 Å². The van der Waals surface area contributed by atoms with Crippen molar-refractivity contribution in [1.29, 1.82) is 0 Å². The molecular weight excluding hydrogens is 600 g/mol. The Balaban J connectivity index is 1.46. The third-order valence-electron chi connectivity index (χ3n) is 8.56. The molecule has 3 aromatic rings. The van der Waals surface area contributed by atoms with Crippen LogP contribution in [-0.2, 0) is 21.2 Å². The maximum Gasteiger partial charge on any atom is 0.409 e. The van der Waals surface area contributed by atoms with E-state index in [1.807, 2.05) is 18.5 Å². The van der Waals surface area contributed by atoms with Crippen molar-refractivity contribution in [2.45, 2.75) is 70.7 Å². The van der Waals surface area contributed by atoms with Crippen LogP contribution in [0.4, 0.5) is 4.79 Å². The number of likely N-dealkylation sites (tertiary alicyclic amines) is 1. The molecule has 0 aliphatic carbocycles. The van der Waals surface area contributed by atoms with Gasteiger partial charge < -0.3 is 24.3 Å². The lowest BCUT2D eigenvalue weighted by molar-refractivity contribution is 0.0863. The molecule has 2 fully saturated rings. The molecule has 0 bridgehead atoms. The summed E-state index contributed by atoms with van der Waals surface area (Å²) in [6, 6.07) is 1.47. The fourth-order valence-electron chi connectivity index (χ4n) is 5.92. The summed E-state index contributed by atoms with van der Waals surface area (Å²) in [6.07, 6.45) is 4.70. The van der Waals surface area contributed by atoms with Crippen molar-refractivity contribution in [2.75, 3.05) is 59.0 Å². The number of hydrogen-bond donors (Lipinski definition) is 1. The highest BCUT2D eigenvalue weighted by molar-refractivity contribution is 7.89. The van der Waals surface area contributed by atoms with E-state index >= 15 is 0 Å². The van der Waals surface area contributed by atoms with Crippen molar-refractivity contribution in [2.24, 2.45) is 0 Å². The molecule has 15 heteroatoms. The number of likely N-dealkylation sites (N-methyl/N-ethyl adjacent to an activating group) is 1. The van der Waals surface area contributed by atoms with Crippen LogP contribution in [0.25, 0.3) is 22.4 Å². The fraction of sp³-hybridized carbons (Fsp3) is 0.633. The summed E-state index contributed by atoms with van der Waals surface area (Å²) in [6.45, 7) is 12.6. The second kappa shape index (κ2) is 14.3. The topological polar surface area (TPSA) is 156 Å². The Morgan fingerprint density at radius 3 is 2.42 bits per heavy atom. The third kappa shape index (κ3) is 6.84. The van der Waals surface area contributed by atoms with Gasteiger partial charge in [0.05, 0.1) is 36.7 Å². The average molecular weight is 645 g/mol. The predicted octanol–water partition coefficient (Wildman–Crippen LogP) is 3.04. The lowest BCUT2D eigenvalue weighted by Crippen LogP contribution is -2.48. The maximum absolute atomic E-state index is 13.6. The predicted molar refractivity (Wildman–Crippen MR) is 169 cm³/mol. The van der Waals surface area contributed by atoms with Crippen LogP contribution in [0.5, 0.6) is 5.88 Å². The molecule has 1 N–H and O–H groups in total. The highest BCUT2D eigenvalue weighted by atomic mass is 32.2. The molecule has 0 saturated carbocycles. The largest absolute Gasteiger partial charge is 0.477 e. The van der Waals surface area contributed by atoms with Gasteiger partial charge in [-0.15, -0.1) is 0 Å². The number of aryl methyl sites for hydroxylation is 1. The first-order valence-corrected chi connectivity index (χ1v) is 17.4. The first kappa shape index (κ1) is 32.8. The average Bonchev–Trinajstić information content (AvgIpc) is 3.44. The molecule has 5 heterocycles. The Morgan fingerprint density at radius 2 is 1.78 bits per heavy atom. The SMILES string of the molecule is CCCCOC(=O)N1CCC(n2nc3c(=O)[nH]c(-c4cc(S(=O)(=O)N5CCN(CC)CC5)cnc4OCC)nc3c2CC)CC1. The molecule has 45 heavy (non-hydrogen) atoms. The normalized spacial score (nSPS) is 17.2. The maximum atomic E-state index is 13.6. The Morgan fingerprint density at radius 1 is 1.04 bits per heavy atom. The molecule has 0 unspecified atom stereocenters. The number of ether oxygens (including phenoxy) is 2. The lowest BCUT2D eigenvalue weighted by atomic mass is 10.1. The molecule has 14 nitrogen and oxygen atoms in total. The van der Waals surface area contributed by atoms with E-state index in [1.165, 1.54) is 16.6 Å². The van der Waals surface area contributed by atoms with E-state index in [0.717, 1.165) is 25.1 Å². The molecular formula is C30H44N8O6S. The Labute approximate surface area is 263 Å². The smallest absolute Gasteiger partial charge is 0.409 e. The zero-order valence-corrected chi connectivity index (χ0v) is 27.4. The molecule has 2 saturated heterocycles. The molecule has 2 aliphatic heterocycles. The summed E-state index contributed by atoms with van der Waals surface area (Å²) in [5.74, 6) is 0.341. The first-order chi connectivity index (χ1) is 21.7. The number of nitrogens with zero attached hydrogens (tertiary/aromatic N) is 7. The van der Waals surface area contributed by atoms with Crippen molar-refractivity contribution >= 4 is 27.1 Å². The van der Waals surface area contributed by atoms with Gasteiger partial charge in [0, 0.05) is 39.3 Å². The van der Waals surface area contributed by atoms with Gasteiger partial charge in [0.25, 0.3) is 5.56 Å². The lowest BCUT2D eigenvalue weighted by Gasteiger charge is -2.33. The number of piperazine rings is 1. The van der Waals surface area contributed by atoms with E-state index in [2.05, 4.69) is 26.9 Å². The number of hydrogen-bond acceptors (Lipinski definition) is 10. The van der Waals surface area contributed by atoms with Crippen LogP contribution in [0.2, 0.25) is 0 Å². The number of aromatic amines is 1. The molecule has 2 aliphatic rings. The zero-order chi connectivity index (χ0) is 32.1. The molecule has 0 radical (unpaired) electrons. The molecule has 1 amide bonds. The zero-order valence-electron chi connectivity index (χ0n) is 26.6. The van der Waals surface area contributed by atoms with Crippen molar-refractivity contribution in [3.05, 3.63) is 28.3 Å². The van der Waals surface area contributed by atoms with Crippen LogP contribution in [0.15, 0.2) is 22.0 Å². The summed E-state index contributed by atoms with van der Waals surface area (Å²) in [4.78, 5) is 41.8. The third-order valence-corrected chi connectivity index (χ3v) is 10.4. The highest BCUT2D eigenvalue weighted by Gasteiger charge is 2.31. The second-order valence-corrected chi connectivity index (χ2v) is 13.3. The highest BCUT2D eigenvalue weighted by Crippen LogP contribution is 2.32. The van der Waals surface area contributed by atoms with E-state index in [0.29, 0.717) is 77.3 Å². The Hall–Kier alpha value is -3.56. The molecule has 246 valence electrons. The molecule has 3 aromatic heterocycles. The molecule has 0 atom stereocenters. The fourth-order valence-corrected chi connectivity index (χ4v) is 7.31. The van der Waals surface area contributed by atoms with Gasteiger partial charge in [-0.05, 0) is 45.2 Å². The number of amides is 1. The minimum absolute atomic E-state index is 0.0139. The molecule has 0 aromatic carbocycles. The van der Waals surface area contributed by atoms with Crippen molar-refractivity contribution in [1.82, 2.24) is 38.8 Å². The molecule has 5 rings (SSSR count). The quantitative estimate of drug-likeness (QED) is 0.308. The number of unbranched alkanes of at least 4 members (excludes halogenated alkanes) is 1. The van der Waals surface area contributed by atoms with Gasteiger partial charge in [-0.2, -0.15) is 9.40 Å². The van der Waals surface area contributed by atoms with Crippen molar-refractivity contribution < 1.29 is 22.7 Å². The van der Waals surface area contributed by atoms with Gasteiger partial charge in [-0.25, -0.2) is 23.2 Å². The number of H-pyrrole nitrogens is 1. The molecule has 0 spiro atoms. The Bertz CT molecular complexity index is 1660. The van der Waals surface area contributed by atoms with E-state index < -0.39 is 15.6 Å². The summed E-state index contributed by atoms with van der Waals surface area (Å²) in [5, 5.41) is 4.68. The van der Waals surface area contributed by atoms with Crippen LogP contribution < -0.4 is 10.3 Å². The monoisotopic (exact) mass is 644 g/mol. The van der Waals surface area contributed by atoms with Crippen LogP contribution >= 0.6 is 0 Å². The van der Waals surface area contributed by atoms with Gasteiger partial charge in [0.15, 0.2) is 5.52 Å². The van der Waals surface area contributed by atoms with Gasteiger partial charge in [0.1, 0.15) is 16.2 Å². The van der Waals surface area contributed by atoms with E-state index in [4.69, 9.17) is 14.5 Å². The number of sulfonamides is 1. The van der Waals surface area contributed by atoms with Crippen LogP contribution in [-0.4, -0.2) is 112 Å². The van der Waals surface area contributed by atoms with E-state index in [-0.39, 0.29) is 39.8 Å². The number of rotatable bonds is 11. The van der Waals surface area contributed by atoms with Gasteiger partial charge in [0.2, 0.25) is 15.9 Å². The first-order valence-electron chi connectivity index (χ1n) is 16.0. The standard InChI is InChI=1S/C30H44N8O6S/c1-5-9-18-44-30(40)36-12-10-21(11-13-36)38-24(6-2)25-26(34-38)28(39)33-27(32-25)23-19-22(20-31-29(23)43-8-4)45(41,42)37-16-14-35(7-3)15-17-37/h19-21H,5-18H2,1-4H3,(H,32,33,39). The van der Waals surface area contributed by atoms with Crippen LogP contribution in [0.3, 0.4) is 0 Å². The van der Waals surface area contributed by atoms with Crippen molar-refractivity contribution in [3.63, 3.8) is 0 Å². The summed E-state index contributed by atoms with van der Waals surface area (Å²) >= 11 is 0. The van der Waals surface area contributed by atoms with E-state index in [1.54, 1.807) is 11.8 Å². The van der Waals surface area contributed by atoms with E-state index in [9.17, 15) is 18.0 Å². The number of fused-ring (bicyclic) bond motifs is 1. The number of carbonyl (C=O) groups excluding carboxylic acids is 1. The minimum Gasteiger partial charge on any atom is -0.477 e. The van der Waals surface area contributed by atoms with Gasteiger partial charge >= 0.3 is 6.09 Å². The number of pyridine rings is 1. The van der Waals surface area contributed by atoms with Crippen LogP contribution in [0.1, 0.15) is 65.1 Å². The summed E-state index contributed by atoms with van der Waals surface area (Å²) in [5.41, 5.74) is 1.30. The van der Waals surface area contributed by atoms with Crippen LogP contribution in [0, 0.1) is 0 Å². The Kier molecular flexibility index (Phi) is 10.4. The second-order valence-electron chi connectivity index (χ2n) is 11.3. The summed E-state index contributed by atoms with van der Waals surface area (Å²) in [7, 11) is -3.83. The number of carbonyl (C=O) groups is 1. The van der Waals surface area contributed by atoms with Gasteiger partial charge in [-0.1, -0.05) is 27.2 Å².